The van der Waals surface area contributed by atoms with Crippen molar-refractivity contribution >= 4 is 44.0 Å². The summed E-state index contributed by atoms with van der Waals surface area (Å²) in [6.07, 6.45) is 5.58. The minimum Gasteiger partial charge on any atom is -0.325 e. The van der Waals surface area contributed by atoms with Gasteiger partial charge in [0.05, 0.1) is 23.2 Å². The number of aromatic nitrogens is 3. The second-order valence-corrected chi connectivity index (χ2v) is 13.3. The number of thiazole rings is 1. The maximum atomic E-state index is 12.1. The van der Waals surface area contributed by atoms with Gasteiger partial charge in [-0.05, 0) is 54.2 Å². The van der Waals surface area contributed by atoms with Crippen LogP contribution >= 0.6 is 22.9 Å². The molecule has 0 bridgehead atoms. The lowest BCUT2D eigenvalue weighted by molar-refractivity contribution is 0.274. The van der Waals surface area contributed by atoms with Crippen LogP contribution in [-0.2, 0) is 16.4 Å². The maximum absolute atomic E-state index is 12.1. The van der Waals surface area contributed by atoms with E-state index in [0.717, 1.165) is 52.3 Å². The number of benzene rings is 2. The minimum atomic E-state index is -3.17. The topological polar surface area (TPSA) is 68.1 Å². The molecule has 1 atom stereocenters. The fraction of sp³-hybridized carbons (Fsp3) is 0.407. The number of halogens is 1. The number of fused-ring (bicyclic) bond motifs is 1. The van der Waals surface area contributed by atoms with Crippen LogP contribution in [0.1, 0.15) is 60.6 Å². The zero-order chi connectivity index (χ0) is 25.4. The molecule has 4 aromatic rings. The van der Waals surface area contributed by atoms with Crippen molar-refractivity contribution in [1.29, 1.82) is 0 Å². The van der Waals surface area contributed by atoms with Gasteiger partial charge in [-0.2, -0.15) is 0 Å². The second-order valence-electron chi connectivity index (χ2n) is 9.99. The third-order valence-electron chi connectivity index (χ3n) is 6.87. The molecule has 0 amide bonds. The average Bonchev–Trinajstić information content (AvgIpc) is 3.47. The Hall–Kier alpha value is -2.26. The van der Waals surface area contributed by atoms with Gasteiger partial charge in [-0.1, -0.05) is 43.6 Å². The van der Waals surface area contributed by atoms with Crippen LogP contribution in [0.3, 0.4) is 0 Å². The van der Waals surface area contributed by atoms with E-state index in [1.165, 1.54) is 6.26 Å². The zero-order valence-electron chi connectivity index (χ0n) is 20.8. The van der Waals surface area contributed by atoms with E-state index in [4.69, 9.17) is 16.6 Å². The molecule has 0 radical (unpaired) electrons. The number of hydrogen-bond donors (Lipinski definition) is 0. The summed E-state index contributed by atoms with van der Waals surface area (Å²) in [5.74, 6) is 1.54. The highest BCUT2D eigenvalue weighted by molar-refractivity contribution is 7.88. The van der Waals surface area contributed by atoms with Gasteiger partial charge in [-0.3, -0.25) is 0 Å². The summed E-state index contributed by atoms with van der Waals surface area (Å²) < 4.78 is 28.2. The molecule has 1 saturated heterocycles. The van der Waals surface area contributed by atoms with Gasteiger partial charge in [0.1, 0.15) is 10.8 Å². The molecule has 2 aromatic carbocycles. The Bertz CT molecular complexity index is 1440. The van der Waals surface area contributed by atoms with Crippen LogP contribution in [0.5, 0.6) is 0 Å². The second kappa shape index (κ2) is 10.2. The molecule has 0 spiro atoms. The van der Waals surface area contributed by atoms with E-state index < -0.39 is 10.0 Å². The molecule has 1 fully saturated rings. The van der Waals surface area contributed by atoms with E-state index in [1.54, 1.807) is 15.6 Å². The smallest absolute Gasteiger partial charge is 0.211 e. The Morgan fingerprint density at radius 2 is 1.78 bits per heavy atom. The normalized spacial score (nSPS) is 16.7. The zero-order valence-corrected chi connectivity index (χ0v) is 23.2. The van der Waals surface area contributed by atoms with Gasteiger partial charge in [-0.15, -0.1) is 11.3 Å². The molecule has 1 aliphatic heterocycles. The Morgan fingerprint density at radius 1 is 1.08 bits per heavy atom. The van der Waals surface area contributed by atoms with Gasteiger partial charge >= 0.3 is 0 Å². The highest BCUT2D eigenvalue weighted by Crippen LogP contribution is 2.37. The molecular weight excluding hydrogens is 512 g/mol. The predicted molar refractivity (Wildman–Crippen MR) is 147 cm³/mol. The van der Waals surface area contributed by atoms with E-state index in [9.17, 15) is 8.42 Å². The van der Waals surface area contributed by atoms with E-state index in [0.29, 0.717) is 24.0 Å². The summed E-state index contributed by atoms with van der Waals surface area (Å²) in [7, 11) is -3.17. The van der Waals surface area contributed by atoms with Crippen LogP contribution < -0.4 is 0 Å². The molecule has 0 N–H and O–H groups in total. The third-order valence-corrected chi connectivity index (χ3v) is 9.27. The Morgan fingerprint density at radius 3 is 2.39 bits per heavy atom. The van der Waals surface area contributed by atoms with Crippen LogP contribution in [0.4, 0.5) is 0 Å². The third kappa shape index (κ3) is 5.23. The van der Waals surface area contributed by atoms with Crippen molar-refractivity contribution in [3.8, 4) is 0 Å². The molecule has 5 rings (SSSR count). The van der Waals surface area contributed by atoms with Crippen molar-refractivity contribution in [3.63, 3.8) is 0 Å². The van der Waals surface area contributed by atoms with Gasteiger partial charge in [-0.25, -0.2) is 22.7 Å². The summed E-state index contributed by atoms with van der Waals surface area (Å²) >= 11 is 7.84. The molecule has 0 saturated carbocycles. The monoisotopic (exact) mass is 542 g/mol. The Balaban J connectivity index is 1.60. The lowest BCUT2D eigenvalue weighted by atomic mass is 9.91. The maximum Gasteiger partial charge on any atom is 0.211 e. The molecule has 1 unspecified atom stereocenters. The minimum absolute atomic E-state index is 0.00403. The summed E-state index contributed by atoms with van der Waals surface area (Å²) in [6, 6.07) is 14.7. The van der Waals surface area contributed by atoms with Crippen molar-refractivity contribution in [3.05, 3.63) is 81.0 Å². The van der Waals surface area contributed by atoms with Gasteiger partial charge < -0.3 is 4.57 Å². The molecule has 190 valence electrons. The van der Waals surface area contributed by atoms with E-state index in [2.05, 4.69) is 53.7 Å². The molecule has 9 heteroatoms. The van der Waals surface area contributed by atoms with E-state index in [1.807, 2.05) is 23.7 Å². The lowest BCUT2D eigenvalue weighted by Gasteiger charge is -2.32. The van der Waals surface area contributed by atoms with Crippen molar-refractivity contribution in [2.45, 2.75) is 45.1 Å². The SMILES string of the molecule is CC(C)Cc1nc2ccc(C(c3ccc(Cl)cc3)c3nccs3)cc2n1C1CCN(S(C)(=O)=O)CC1. The first kappa shape index (κ1) is 25.4. The molecule has 0 aliphatic carbocycles. The first-order valence-corrected chi connectivity index (χ1v) is 15.4. The van der Waals surface area contributed by atoms with Crippen molar-refractivity contribution in [1.82, 2.24) is 18.8 Å². The van der Waals surface area contributed by atoms with E-state index >= 15 is 0 Å². The quantitative estimate of drug-likeness (QED) is 0.282. The first-order valence-electron chi connectivity index (χ1n) is 12.3. The summed E-state index contributed by atoms with van der Waals surface area (Å²) in [5.41, 5.74) is 4.39. The lowest BCUT2D eigenvalue weighted by Crippen LogP contribution is -2.38. The molecule has 36 heavy (non-hydrogen) atoms. The summed E-state index contributed by atoms with van der Waals surface area (Å²) in [6.45, 7) is 5.49. The number of rotatable bonds is 7. The van der Waals surface area contributed by atoms with Gasteiger partial charge in [0.15, 0.2) is 0 Å². The fourth-order valence-corrected chi connectivity index (χ4v) is 6.99. The first-order chi connectivity index (χ1) is 17.2. The number of imidazole rings is 1. The number of piperidine rings is 1. The van der Waals surface area contributed by atoms with E-state index in [-0.39, 0.29) is 12.0 Å². The highest BCUT2D eigenvalue weighted by atomic mass is 35.5. The highest BCUT2D eigenvalue weighted by Gasteiger charge is 2.29. The standard InChI is InChI=1S/C27H31ClN4O2S2/c1-18(2)16-25-30-23-9-6-20(26(27-29-12-15-35-27)19-4-7-21(28)8-5-19)17-24(23)32(25)22-10-13-31(14-11-22)36(3,33)34/h4-9,12,15,17-18,22,26H,10-11,13-14,16H2,1-3H3. The fourth-order valence-electron chi connectivity index (χ4n) is 5.20. The van der Waals surface area contributed by atoms with Gasteiger partial charge in [0, 0.05) is 42.2 Å². The van der Waals surface area contributed by atoms with Crippen molar-refractivity contribution in [2.75, 3.05) is 19.3 Å². The Kier molecular flexibility index (Phi) is 7.23. The largest absolute Gasteiger partial charge is 0.325 e. The molecule has 3 heterocycles. The number of sulfonamides is 1. The van der Waals surface area contributed by atoms with Gasteiger partial charge in [0.2, 0.25) is 10.0 Å². The van der Waals surface area contributed by atoms with Crippen LogP contribution in [0.2, 0.25) is 5.02 Å². The van der Waals surface area contributed by atoms with Crippen LogP contribution in [0.15, 0.2) is 54.0 Å². The molecule has 6 nitrogen and oxygen atoms in total. The molecule has 2 aromatic heterocycles. The average molecular weight is 543 g/mol. The predicted octanol–water partition coefficient (Wildman–Crippen LogP) is 6.12. The molecular formula is C27H31ClN4O2S2. The van der Waals surface area contributed by atoms with Crippen LogP contribution in [0, 0.1) is 5.92 Å². The Labute approximate surface area is 222 Å². The van der Waals surface area contributed by atoms with Crippen molar-refractivity contribution in [2.24, 2.45) is 5.92 Å². The van der Waals surface area contributed by atoms with Crippen molar-refractivity contribution < 1.29 is 8.42 Å². The van der Waals surface area contributed by atoms with Crippen LogP contribution in [0.25, 0.3) is 11.0 Å². The van der Waals surface area contributed by atoms with Crippen LogP contribution in [-0.4, -0.2) is 46.6 Å². The number of hydrogen-bond acceptors (Lipinski definition) is 5. The summed E-state index contributed by atoms with van der Waals surface area (Å²) in [5, 5.41) is 3.76. The molecule has 1 aliphatic rings. The van der Waals surface area contributed by atoms with Gasteiger partial charge in [0.25, 0.3) is 0 Å². The number of nitrogens with zero attached hydrogens (tertiary/aromatic N) is 4. The summed E-state index contributed by atoms with van der Waals surface area (Å²) in [4.78, 5) is 9.70.